The molecule has 1 aromatic carbocycles. The fourth-order valence-electron chi connectivity index (χ4n) is 4.48. The Hall–Kier alpha value is -2.31. The smallest absolute Gasteiger partial charge is 0.409 e. The summed E-state index contributed by atoms with van der Waals surface area (Å²) >= 11 is 0. The average Bonchev–Trinajstić information content (AvgIpc) is 3.30. The number of carbonyl (C=O) groups excluding carboxylic acids is 1. The van der Waals surface area contributed by atoms with Gasteiger partial charge in [-0.3, -0.25) is 9.80 Å². The summed E-state index contributed by atoms with van der Waals surface area (Å²) in [5, 5.41) is 0. The number of likely N-dealkylation sites (tertiary alicyclic amines) is 1. The zero-order chi connectivity index (χ0) is 20.1. The summed E-state index contributed by atoms with van der Waals surface area (Å²) in [4.78, 5) is 18.9. The van der Waals surface area contributed by atoms with Gasteiger partial charge in [-0.25, -0.2) is 4.79 Å². The van der Waals surface area contributed by atoms with Crippen LogP contribution in [0.25, 0.3) is 11.3 Å². The molecule has 2 aliphatic rings. The fourth-order valence-corrected chi connectivity index (χ4v) is 4.48. The number of amides is 1. The minimum Gasteiger partial charge on any atom is -0.464 e. The van der Waals surface area contributed by atoms with E-state index < -0.39 is 0 Å². The van der Waals surface area contributed by atoms with Crippen LogP contribution in [0.15, 0.2) is 47.1 Å². The second-order valence-corrected chi connectivity index (χ2v) is 7.93. The summed E-state index contributed by atoms with van der Waals surface area (Å²) in [6.45, 7) is 8.90. The molecule has 2 aliphatic heterocycles. The molecule has 156 valence electrons. The van der Waals surface area contributed by atoms with E-state index >= 15 is 0 Å². The molecule has 0 radical (unpaired) electrons. The lowest BCUT2D eigenvalue weighted by atomic mass is 10.0. The molecule has 0 N–H and O–H groups in total. The highest BCUT2D eigenvalue weighted by molar-refractivity contribution is 5.67. The van der Waals surface area contributed by atoms with E-state index in [9.17, 15) is 4.79 Å². The third-order valence-electron chi connectivity index (χ3n) is 5.98. The summed E-state index contributed by atoms with van der Waals surface area (Å²) in [6.07, 6.45) is 4.01. The van der Waals surface area contributed by atoms with Crippen molar-refractivity contribution < 1.29 is 13.9 Å². The number of rotatable bonds is 5. The van der Waals surface area contributed by atoms with Crippen molar-refractivity contribution >= 4 is 6.09 Å². The number of hydrogen-bond donors (Lipinski definition) is 0. The van der Waals surface area contributed by atoms with Crippen LogP contribution in [-0.2, 0) is 11.3 Å². The number of benzene rings is 1. The monoisotopic (exact) mass is 397 g/mol. The van der Waals surface area contributed by atoms with Crippen molar-refractivity contribution in [3.8, 4) is 11.3 Å². The number of piperidine rings is 1. The topological polar surface area (TPSA) is 49.2 Å². The Balaban J connectivity index is 1.31. The van der Waals surface area contributed by atoms with Crippen molar-refractivity contribution in [2.75, 3.05) is 45.9 Å². The van der Waals surface area contributed by atoms with Crippen LogP contribution in [0.5, 0.6) is 0 Å². The van der Waals surface area contributed by atoms with E-state index in [1.54, 1.807) is 6.26 Å². The van der Waals surface area contributed by atoms with Crippen molar-refractivity contribution in [1.82, 2.24) is 14.7 Å². The highest BCUT2D eigenvalue weighted by Crippen LogP contribution is 2.23. The van der Waals surface area contributed by atoms with E-state index in [-0.39, 0.29) is 6.09 Å². The minimum atomic E-state index is -0.172. The molecule has 6 nitrogen and oxygen atoms in total. The first-order valence-electron chi connectivity index (χ1n) is 10.7. The van der Waals surface area contributed by atoms with E-state index in [1.165, 1.54) is 18.4 Å². The van der Waals surface area contributed by atoms with Crippen molar-refractivity contribution in [2.45, 2.75) is 32.4 Å². The molecule has 1 aromatic heterocycles. The summed E-state index contributed by atoms with van der Waals surface area (Å²) in [5.74, 6) is 0.919. The summed E-state index contributed by atoms with van der Waals surface area (Å²) in [7, 11) is 0. The van der Waals surface area contributed by atoms with Gasteiger partial charge in [-0.1, -0.05) is 18.2 Å². The Morgan fingerprint density at radius 2 is 2.00 bits per heavy atom. The van der Waals surface area contributed by atoms with Crippen LogP contribution in [0.1, 0.15) is 25.3 Å². The Bertz CT molecular complexity index is 784. The number of piperazine rings is 1. The molecule has 2 saturated heterocycles. The largest absolute Gasteiger partial charge is 0.464 e. The van der Waals surface area contributed by atoms with Crippen molar-refractivity contribution in [1.29, 1.82) is 0 Å². The molecule has 4 rings (SSSR count). The molecule has 0 aliphatic carbocycles. The van der Waals surface area contributed by atoms with Crippen LogP contribution in [0.4, 0.5) is 4.79 Å². The molecular formula is C23H31N3O3. The van der Waals surface area contributed by atoms with Crippen molar-refractivity contribution in [3.63, 3.8) is 0 Å². The van der Waals surface area contributed by atoms with Gasteiger partial charge in [0.2, 0.25) is 0 Å². The molecule has 1 atom stereocenters. The van der Waals surface area contributed by atoms with Gasteiger partial charge in [0.25, 0.3) is 0 Å². The predicted molar refractivity (Wildman–Crippen MR) is 113 cm³/mol. The van der Waals surface area contributed by atoms with Gasteiger partial charge in [0, 0.05) is 50.9 Å². The van der Waals surface area contributed by atoms with Crippen molar-refractivity contribution in [3.05, 3.63) is 48.2 Å². The fraction of sp³-hybridized carbons (Fsp3) is 0.522. The lowest BCUT2D eigenvalue weighted by Crippen LogP contribution is -2.55. The van der Waals surface area contributed by atoms with Gasteiger partial charge in [0.15, 0.2) is 0 Å². The molecule has 29 heavy (non-hydrogen) atoms. The quantitative estimate of drug-likeness (QED) is 0.770. The lowest BCUT2D eigenvalue weighted by Gasteiger charge is -2.43. The van der Waals surface area contributed by atoms with Gasteiger partial charge in [-0.15, -0.1) is 0 Å². The zero-order valence-corrected chi connectivity index (χ0v) is 17.3. The summed E-state index contributed by atoms with van der Waals surface area (Å²) in [6, 6.07) is 13.2. The number of nitrogens with zero attached hydrogens (tertiary/aromatic N) is 3. The Morgan fingerprint density at radius 3 is 2.76 bits per heavy atom. The summed E-state index contributed by atoms with van der Waals surface area (Å²) in [5.41, 5.74) is 2.46. The SMILES string of the molecule is CCOC(=O)N1CCN([C@H]2CCCN(Cc3cccc(-c4ccco4)c3)C2)CC1. The molecule has 1 amide bonds. The molecule has 0 spiro atoms. The maximum Gasteiger partial charge on any atom is 0.409 e. The van der Waals surface area contributed by atoms with E-state index in [2.05, 4.69) is 34.1 Å². The Kier molecular flexibility index (Phi) is 6.52. The third-order valence-corrected chi connectivity index (χ3v) is 5.98. The number of ether oxygens (including phenoxy) is 1. The van der Waals surface area contributed by atoms with Crippen LogP contribution in [-0.4, -0.2) is 72.7 Å². The molecular weight excluding hydrogens is 366 g/mol. The first kappa shape index (κ1) is 20.0. The molecule has 2 aromatic rings. The molecule has 6 heteroatoms. The maximum atomic E-state index is 11.9. The average molecular weight is 398 g/mol. The molecule has 0 bridgehead atoms. The Morgan fingerprint density at radius 1 is 1.14 bits per heavy atom. The van der Waals surface area contributed by atoms with Gasteiger partial charge in [0.05, 0.1) is 12.9 Å². The maximum absolute atomic E-state index is 11.9. The molecule has 3 heterocycles. The van der Waals surface area contributed by atoms with Crippen LogP contribution < -0.4 is 0 Å². The van der Waals surface area contributed by atoms with Crippen LogP contribution in [0.3, 0.4) is 0 Å². The van der Waals surface area contributed by atoms with Gasteiger partial charge >= 0.3 is 6.09 Å². The van der Waals surface area contributed by atoms with Crippen molar-refractivity contribution in [2.24, 2.45) is 0 Å². The number of furan rings is 1. The van der Waals surface area contributed by atoms with Crippen LogP contribution >= 0.6 is 0 Å². The van der Waals surface area contributed by atoms with Gasteiger partial charge in [-0.05, 0) is 50.1 Å². The first-order chi connectivity index (χ1) is 14.2. The highest BCUT2D eigenvalue weighted by Gasteiger charge is 2.29. The van der Waals surface area contributed by atoms with Crippen LogP contribution in [0.2, 0.25) is 0 Å². The predicted octanol–water partition coefficient (Wildman–Crippen LogP) is 3.69. The second kappa shape index (κ2) is 9.46. The Labute approximate surface area is 173 Å². The highest BCUT2D eigenvalue weighted by atomic mass is 16.6. The third kappa shape index (κ3) is 5.00. The standard InChI is InChI=1S/C23H31N3O3/c1-2-28-23(27)26-13-11-25(12-14-26)21-8-4-10-24(18-21)17-19-6-3-7-20(16-19)22-9-5-15-29-22/h3,5-7,9,15-16,21H,2,4,8,10-14,17-18H2,1H3/t21-/m0/s1. The van der Waals surface area contributed by atoms with Gasteiger partial charge < -0.3 is 14.1 Å². The lowest BCUT2D eigenvalue weighted by molar-refractivity contribution is 0.0412. The molecule has 0 saturated carbocycles. The normalized spacial score (nSPS) is 21.3. The van der Waals surface area contributed by atoms with E-state index in [0.29, 0.717) is 12.6 Å². The molecule has 2 fully saturated rings. The van der Waals surface area contributed by atoms with E-state index in [1.807, 2.05) is 24.0 Å². The summed E-state index contributed by atoms with van der Waals surface area (Å²) < 4.78 is 10.7. The number of carbonyl (C=O) groups is 1. The van der Waals surface area contributed by atoms with Crippen LogP contribution in [0, 0.1) is 0 Å². The van der Waals surface area contributed by atoms with E-state index in [0.717, 1.165) is 57.1 Å². The number of hydrogen-bond acceptors (Lipinski definition) is 5. The zero-order valence-electron chi connectivity index (χ0n) is 17.3. The second-order valence-electron chi connectivity index (χ2n) is 7.93. The first-order valence-corrected chi connectivity index (χ1v) is 10.7. The van der Waals surface area contributed by atoms with Gasteiger partial charge in [-0.2, -0.15) is 0 Å². The minimum absolute atomic E-state index is 0.172. The molecule has 0 unspecified atom stereocenters. The van der Waals surface area contributed by atoms with E-state index in [4.69, 9.17) is 9.15 Å². The van der Waals surface area contributed by atoms with Gasteiger partial charge in [0.1, 0.15) is 5.76 Å².